The lowest BCUT2D eigenvalue weighted by Gasteiger charge is -2.41. The van der Waals surface area contributed by atoms with Crippen molar-refractivity contribution in [3.05, 3.63) is 101 Å². The van der Waals surface area contributed by atoms with Crippen molar-refractivity contribution in [3.63, 3.8) is 0 Å². The molecule has 4 atom stereocenters. The number of carbonyl (C=O) groups excluding carboxylic acids is 1. The van der Waals surface area contributed by atoms with Crippen LogP contribution in [0.25, 0.3) is 11.1 Å². The first-order valence-corrected chi connectivity index (χ1v) is 14.3. The van der Waals surface area contributed by atoms with Crippen molar-refractivity contribution < 1.29 is 19.4 Å². The first-order valence-electron chi connectivity index (χ1n) is 13.3. The van der Waals surface area contributed by atoms with Gasteiger partial charge in [0.25, 0.3) is 0 Å². The van der Waals surface area contributed by atoms with Crippen molar-refractivity contribution in [2.24, 2.45) is 13.0 Å². The minimum atomic E-state index is -0.564. The molecule has 1 amide bonds. The monoisotopic (exact) mass is 558 g/mol. The van der Waals surface area contributed by atoms with Gasteiger partial charge >= 0.3 is 0 Å². The fourth-order valence-electron chi connectivity index (χ4n) is 4.82. The Labute approximate surface area is 238 Å². The van der Waals surface area contributed by atoms with E-state index in [-0.39, 0.29) is 30.6 Å². The van der Waals surface area contributed by atoms with Crippen LogP contribution in [0.5, 0.6) is 0 Å². The molecule has 0 aliphatic carbocycles. The molecular weight excluding hydrogens is 524 g/mol. The maximum atomic E-state index is 11.4. The first kappa shape index (κ1) is 28.0. The molecule has 0 spiro atoms. The zero-order chi connectivity index (χ0) is 28.1. The van der Waals surface area contributed by atoms with E-state index < -0.39 is 6.29 Å². The third-order valence-electron chi connectivity index (χ3n) is 7.13. The molecule has 5 rings (SSSR count). The molecular formula is C31H34N4O4S. The highest BCUT2D eigenvalue weighted by Gasteiger charge is 2.38. The van der Waals surface area contributed by atoms with Gasteiger partial charge in [0.2, 0.25) is 5.91 Å². The van der Waals surface area contributed by atoms with Crippen molar-refractivity contribution in [1.29, 1.82) is 0 Å². The summed E-state index contributed by atoms with van der Waals surface area (Å²) in [6, 6.07) is 24.3. The van der Waals surface area contributed by atoms with Crippen LogP contribution in [0.2, 0.25) is 0 Å². The van der Waals surface area contributed by atoms with Gasteiger partial charge in [-0.1, -0.05) is 79.3 Å². The van der Waals surface area contributed by atoms with Gasteiger partial charge in [0.1, 0.15) is 6.33 Å². The lowest BCUT2D eigenvalue weighted by atomic mass is 9.91. The Morgan fingerprint density at radius 2 is 1.75 bits per heavy atom. The lowest BCUT2D eigenvalue weighted by molar-refractivity contribution is -0.268. The number of thioether (sulfide) groups is 1. The van der Waals surface area contributed by atoms with Crippen molar-refractivity contribution in [2.75, 3.05) is 5.75 Å². The maximum Gasteiger partial charge on any atom is 0.217 e. The third kappa shape index (κ3) is 6.62. The SMILES string of the molecule is CC(=O)NCc1cccc(-c2cccc([C@@H]3O[C@H](CSc4nncn4C)[C@H](C)[C@H](c4ccc(CO)cc4)O3)c2)c1. The second-order valence-electron chi connectivity index (χ2n) is 10.1. The Bertz CT molecular complexity index is 1440. The number of aryl methyl sites for hydroxylation is 1. The van der Waals surface area contributed by atoms with Crippen LogP contribution >= 0.6 is 11.8 Å². The molecule has 0 saturated carbocycles. The van der Waals surface area contributed by atoms with Crippen LogP contribution in [0.1, 0.15) is 48.5 Å². The summed E-state index contributed by atoms with van der Waals surface area (Å²) in [4.78, 5) is 11.4. The number of aromatic nitrogens is 3. The summed E-state index contributed by atoms with van der Waals surface area (Å²) < 4.78 is 15.2. The average Bonchev–Trinajstić information content (AvgIpc) is 3.40. The van der Waals surface area contributed by atoms with Crippen LogP contribution < -0.4 is 5.32 Å². The second-order valence-corrected chi connectivity index (χ2v) is 11.1. The molecule has 0 radical (unpaired) electrons. The smallest absolute Gasteiger partial charge is 0.217 e. The van der Waals surface area contributed by atoms with Crippen molar-refractivity contribution in [2.45, 2.75) is 50.7 Å². The van der Waals surface area contributed by atoms with E-state index in [1.165, 1.54) is 6.92 Å². The molecule has 208 valence electrons. The number of rotatable bonds is 9. The number of carbonyl (C=O) groups is 1. The fraction of sp³-hybridized carbons (Fsp3) is 0.323. The number of aliphatic hydroxyl groups excluding tert-OH is 1. The van der Waals surface area contributed by atoms with Gasteiger partial charge in [0.05, 0.1) is 18.8 Å². The highest BCUT2D eigenvalue weighted by atomic mass is 32.2. The highest BCUT2D eigenvalue weighted by Crippen LogP contribution is 2.43. The molecule has 8 nitrogen and oxygen atoms in total. The number of ether oxygens (including phenoxy) is 2. The van der Waals surface area contributed by atoms with E-state index in [0.29, 0.717) is 12.3 Å². The number of nitrogens with one attached hydrogen (secondary N) is 1. The van der Waals surface area contributed by atoms with Crippen molar-refractivity contribution in [3.8, 4) is 11.1 Å². The molecule has 2 N–H and O–H groups in total. The van der Waals surface area contributed by atoms with Crippen LogP contribution in [0.3, 0.4) is 0 Å². The number of amides is 1. The molecule has 1 aromatic heterocycles. The number of benzene rings is 3. The maximum absolute atomic E-state index is 11.4. The summed E-state index contributed by atoms with van der Waals surface area (Å²) in [6.07, 6.45) is 0.835. The molecule has 0 bridgehead atoms. The summed E-state index contributed by atoms with van der Waals surface area (Å²) in [5.74, 6) is 0.718. The molecule has 4 aromatic rings. The highest BCUT2D eigenvalue weighted by molar-refractivity contribution is 7.99. The summed E-state index contributed by atoms with van der Waals surface area (Å²) in [5, 5.41) is 21.4. The summed E-state index contributed by atoms with van der Waals surface area (Å²) in [7, 11) is 1.93. The zero-order valence-corrected chi connectivity index (χ0v) is 23.7. The Balaban J connectivity index is 1.42. The van der Waals surface area contributed by atoms with Gasteiger partial charge in [-0.25, -0.2) is 0 Å². The largest absolute Gasteiger partial charge is 0.392 e. The van der Waals surface area contributed by atoms with Gasteiger partial charge in [0, 0.05) is 37.8 Å². The zero-order valence-electron chi connectivity index (χ0n) is 22.9. The van der Waals surface area contributed by atoms with E-state index in [1.807, 2.05) is 60.1 Å². The minimum absolute atomic E-state index is 0.00284. The van der Waals surface area contributed by atoms with Gasteiger partial charge < -0.3 is 24.5 Å². The van der Waals surface area contributed by atoms with Crippen LogP contribution in [-0.4, -0.2) is 37.6 Å². The standard InChI is InChI=1S/C31H34N4O4S/c1-20-28(18-40-31-34-33-19-35(31)3)38-30(39-29(20)24-12-10-22(17-36)11-13-24)27-9-5-8-26(15-27)25-7-4-6-23(14-25)16-32-21(2)37/h4-15,19-20,28-30,36H,16-18H2,1-3H3,(H,32,37)/t20-,28+,29+,30+/m0/s1. The topological polar surface area (TPSA) is 98.5 Å². The van der Waals surface area contributed by atoms with Gasteiger partial charge in [0.15, 0.2) is 11.4 Å². The van der Waals surface area contributed by atoms with Crippen LogP contribution in [-0.2, 0) is 34.5 Å². The van der Waals surface area contributed by atoms with Gasteiger partial charge in [-0.3, -0.25) is 4.79 Å². The summed E-state index contributed by atoms with van der Waals surface area (Å²) in [6.45, 7) is 4.16. The van der Waals surface area contributed by atoms with E-state index in [2.05, 4.69) is 46.7 Å². The van der Waals surface area contributed by atoms with Crippen LogP contribution in [0.15, 0.2) is 84.3 Å². The van der Waals surface area contributed by atoms with E-state index in [9.17, 15) is 9.90 Å². The van der Waals surface area contributed by atoms with Crippen molar-refractivity contribution >= 4 is 17.7 Å². The third-order valence-corrected chi connectivity index (χ3v) is 8.25. The predicted octanol–water partition coefficient (Wildman–Crippen LogP) is 5.19. The molecule has 1 saturated heterocycles. The van der Waals surface area contributed by atoms with E-state index >= 15 is 0 Å². The Morgan fingerprint density at radius 1 is 1.00 bits per heavy atom. The molecule has 1 aliphatic heterocycles. The molecule has 2 heterocycles. The molecule has 3 aromatic carbocycles. The molecule has 9 heteroatoms. The van der Waals surface area contributed by atoms with Gasteiger partial charge in [-0.2, -0.15) is 0 Å². The van der Waals surface area contributed by atoms with E-state index in [0.717, 1.165) is 38.5 Å². The number of nitrogens with zero attached hydrogens (tertiary/aromatic N) is 3. The Morgan fingerprint density at radius 3 is 2.45 bits per heavy atom. The summed E-state index contributed by atoms with van der Waals surface area (Å²) in [5.41, 5.74) is 5.98. The Kier molecular flexibility index (Phi) is 8.96. The van der Waals surface area contributed by atoms with Crippen molar-refractivity contribution in [1.82, 2.24) is 20.1 Å². The first-order chi connectivity index (χ1) is 19.4. The average molecular weight is 559 g/mol. The lowest BCUT2D eigenvalue weighted by Crippen LogP contribution is -2.38. The van der Waals surface area contributed by atoms with E-state index in [1.54, 1.807) is 18.1 Å². The normalized spacial score (nSPS) is 20.8. The van der Waals surface area contributed by atoms with E-state index in [4.69, 9.17) is 9.47 Å². The Hall–Kier alpha value is -3.50. The van der Waals surface area contributed by atoms with Gasteiger partial charge in [-0.05, 0) is 39.9 Å². The number of hydrogen-bond donors (Lipinski definition) is 2. The molecule has 0 unspecified atom stereocenters. The predicted molar refractivity (Wildman–Crippen MR) is 154 cm³/mol. The molecule has 40 heavy (non-hydrogen) atoms. The van der Waals surface area contributed by atoms with Crippen LogP contribution in [0.4, 0.5) is 0 Å². The van der Waals surface area contributed by atoms with Gasteiger partial charge in [-0.15, -0.1) is 10.2 Å². The van der Waals surface area contributed by atoms with Crippen LogP contribution in [0, 0.1) is 5.92 Å². The number of aliphatic hydroxyl groups is 1. The number of hydrogen-bond acceptors (Lipinski definition) is 7. The molecule has 1 fully saturated rings. The quantitative estimate of drug-likeness (QED) is 0.273. The summed E-state index contributed by atoms with van der Waals surface area (Å²) >= 11 is 1.62. The minimum Gasteiger partial charge on any atom is -0.392 e. The second kappa shape index (κ2) is 12.8. The fourth-order valence-corrected chi connectivity index (χ4v) is 5.87. The molecule has 1 aliphatic rings.